The van der Waals surface area contributed by atoms with Crippen molar-refractivity contribution in [2.24, 2.45) is 17.8 Å². The normalized spacial score (nSPS) is 25.6. The number of nitrogens with one attached hydrogen (secondary N) is 2. The van der Waals surface area contributed by atoms with Gasteiger partial charge in [-0.15, -0.1) is 0 Å². The summed E-state index contributed by atoms with van der Waals surface area (Å²) in [4.78, 5) is 52.9. The molecule has 4 aliphatic carbocycles. The summed E-state index contributed by atoms with van der Waals surface area (Å²) in [6.07, 6.45) is 9.02. The number of nitrogens with zero attached hydrogens (tertiary/aromatic N) is 1. The summed E-state index contributed by atoms with van der Waals surface area (Å²) in [6, 6.07) is 17.3. The van der Waals surface area contributed by atoms with E-state index >= 15 is 0 Å². The third kappa shape index (κ3) is 6.00. The number of hydrogen-bond acceptors (Lipinski definition) is 6. The van der Waals surface area contributed by atoms with E-state index in [9.17, 15) is 19.2 Å². The zero-order chi connectivity index (χ0) is 32.9. The maximum atomic E-state index is 13.7. The summed E-state index contributed by atoms with van der Waals surface area (Å²) in [6.45, 7) is 1.62. The molecule has 1 heterocycles. The van der Waals surface area contributed by atoms with E-state index in [2.05, 4.69) is 10.6 Å². The van der Waals surface area contributed by atoms with Crippen molar-refractivity contribution in [1.29, 1.82) is 0 Å². The highest BCUT2D eigenvalue weighted by atomic mass is 35.5. The Bertz CT molecular complexity index is 1760. The third-order valence-electron chi connectivity index (χ3n) is 10.1. The van der Waals surface area contributed by atoms with Gasteiger partial charge in [-0.25, -0.2) is 9.69 Å². The molecule has 0 unspecified atom stereocenters. The van der Waals surface area contributed by atoms with Gasteiger partial charge in [-0.3, -0.25) is 19.7 Å². The van der Waals surface area contributed by atoms with Crippen molar-refractivity contribution in [3.05, 3.63) is 87.9 Å². The van der Waals surface area contributed by atoms with Gasteiger partial charge in [0.1, 0.15) is 5.57 Å². The molecule has 4 saturated carbocycles. The highest BCUT2D eigenvalue weighted by Gasteiger charge is 2.51. The molecule has 2 N–H and O–H groups in total. The largest absolute Gasteiger partial charge is 0.493 e. The molecule has 3 aromatic carbocycles. The molecule has 9 nitrogen and oxygen atoms in total. The van der Waals surface area contributed by atoms with Crippen molar-refractivity contribution in [1.82, 2.24) is 5.32 Å². The van der Waals surface area contributed by atoms with Crippen LogP contribution in [-0.4, -0.2) is 37.5 Å². The van der Waals surface area contributed by atoms with Crippen LogP contribution >= 0.6 is 11.6 Å². The smallest absolute Gasteiger partial charge is 0.335 e. The Balaban J connectivity index is 1.08. The lowest BCUT2D eigenvalue weighted by molar-refractivity contribution is -0.122. The number of imide groups is 2. The number of aryl methyl sites for hydroxylation is 1. The second-order valence-corrected chi connectivity index (χ2v) is 13.8. The maximum absolute atomic E-state index is 13.7. The quantitative estimate of drug-likeness (QED) is 0.204. The molecule has 0 aromatic heterocycles. The van der Waals surface area contributed by atoms with Crippen LogP contribution in [0.4, 0.5) is 16.2 Å². The van der Waals surface area contributed by atoms with Crippen LogP contribution in [0, 0.1) is 24.7 Å². The number of urea groups is 1. The van der Waals surface area contributed by atoms with Crippen LogP contribution in [0.3, 0.4) is 0 Å². The average Bonchev–Trinajstić information content (AvgIpc) is 3.03. The summed E-state index contributed by atoms with van der Waals surface area (Å²) in [7, 11) is 1.41. The van der Waals surface area contributed by atoms with Crippen LogP contribution in [-0.2, 0) is 19.8 Å². The monoisotopic (exact) mass is 653 g/mol. The molecule has 1 aliphatic heterocycles. The van der Waals surface area contributed by atoms with Crippen molar-refractivity contribution < 1.29 is 28.7 Å². The first-order chi connectivity index (χ1) is 22.6. The van der Waals surface area contributed by atoms with Gasteiger partial charge in [-0.05, 0) is 122 Å². The fraction of sp³-hybridized carbons (Fsp3) is 0.351. The average molecular weight is 654 g/mol. The van der Waals surface area contributed by atoms with Crippen LogP contribution in [0.5, 0.6) is 11.5 Å². The Morgan fingerprint density at radius 3 is 2.23 bits per heavy atom. The van der Waals surface area contributed by atoms with Crippen molar-refractivity contribution in [3.8, 4) is 11.5 Å². The van der Waals surface area contributed by atoms with Gasteiger partial charge < -0.3 is 14.8 Å². The van der Waals surface area contributed by atoms with Crippen LogP contribution < -0.4 is 25.0 Å². The van der Waals surface area contributed by atoms with Gasteiger partial charge in [0, 0.05) is 5.69 Å². The molecule has 5 amide bonds. The lowest BCUT2D eigenvalue weighted by Gasteiger charge is -2.57. The van der Waals surface area contributed by atoms with Crippen LogP contribution in [0.15, 0.2) is 66.2 Å². The standard InChI is InChI=1S/C37H36ClN3O6/c1-21-3-7-27(8-4-21)39-32(42)20-47-33-30(38)15-22(16-31(33)46-2)14-29-34(43)40-36(45)41(35(29)44)28-9-5-26(6-10-28)37-17-23-11-24(18-37)13-25(12-23)19-37/h3-10,14-16,23-25H,11-13,17-20H2,1-2H3,(H,39,42)(H,40,43,45)/b29-14+. The molecule has 1 saturated heterocycles. The van der Waals surface area contributed by atoms with Gasteiger partial charge in [0.05, 0.1) is 17.8 Å². The predicted octanol–water partition coefficient (Wildman–Crippen LogP) is 6.81. The van der Waals surface area contributed by atoms with Gasteiger partial charge in [0.2, 0.25) is 0 Å². The van der Waals surface area contributed by atoms with Gasteiger partial charge >= 0.3 is 6.03 Å². The van der Waals surface area contributed by atoms with E-state index in [-0.39, 0.29) is 34.1 Å². The van der Waals surface area contributed by atoms with Crippen molar-refractivity contribution >= 4 is 52.8 Å². The minimum absolute atomic E-state index is 0.108. The number of carbonyl (C=O) groups excluding carboxylic acids is 4. The Kier molecular flexibility index (Phi) is 8.04. The Morgan fingerprint density at radius 1 is 0.979 bits per heavy atom. The molecule has 3 aromatic rings. The number of hydrogen-bond donors (Lipinski definition) is 2. The van der Waals surface area contributed by atoms with Crippen molar-refractivity contribution in [2.45, 2.75) is 50.9 Å². The molecule has 0 spiro atoms. The fourth-order valence-corrected chi connectivity index (χ4v) is 8.70. The number of barbiturate groups is 1. The number of anilines is 2. The molecular formula is C37H36ClN3O6. The van der Waals surface area contributed by atoms with Crippen LogP contribution in [0.1, 0.15) is 55.2 Å². The molecule has 8 rings (SSSR count). The van der Waals surface area contributed by atoms with Gasteiger partial charge in [-0.1, -0.05) is 41.4 Å². The minimum atomic E-state index is -0.815. The van der Waals surface area contributed by atoms with E-state index in [0.717, 1.165) is 28.2 Å². The number of methoxy groups -OCH3 is 1. The predicted molar refractivity (Wildman–Crippen MR) is 179 cm³/mol. The molecule has 5 fully saturated rings. The first-order valence-corrected chi connectivity index (χ1v) is 16.4. The summed E-state index contributed by atoms with van der Waals surface area (Å²) in [5.41, 5.74) is 3.68. The van der Waals surface area contributed by atoms with E-state index in [1.54, 1.807) is 24.3 Å². The second-order valence-electron chi connectivity index (χ2n) is 13.4. The van der Waals surface area contributed by atoms with Gasteiger partial charge in [-0.2, -0.15) is 0 Å². The first-order valence-electron chi connectivity index (χ1n) is 16.0. The molecule has 0 radical (unpaired) electrons. The summed E-state index contributed by atoms with van der Waals surface area (Å²) in [5, 5.41) is 5.15. The number of amides is 5. The number of rotatable bonds is 8. The summed E-state index contributed by atoms with van der Waals surface area (Å²) in [5.74, 6) is 0.767. The summed E-state index contributed by atoms with van der Waals surface area (Å²) < 4.78 is 11.1. The van der Waals surface area contributed by atoms with E-state index in [1.807, 2.05) is 31.2 Å². The highest BCUT2D eigenvalue weighted by molar-refractivity contribution is 6.39. The van der Waals surface area contributed by atoms with E-state index in [4.69, 9.17) is 21.1 Å². The van der Waals surface area contributed by atoms with Crippen LogP contribution in [0.2, 0.25) is 5.02 Å². The number of halogens is 1. The zero-order valence-electron chi connectivity index (χ0n) is 26.3. The zero-order valence-corrected chi connectivity index (χ0v) is 27.1. The van der Waals surface area contributed by atoms with E-state index in [1.165, 1.54) is 69.4 Å². The molecule has 4 bridgehead atoms. The lowest BCUT2D eigenvalue weighted by Crippen LogP contribution is -2.54. The number of benzene rings is 3. The van der Waals surface area contributed by atoms with Crippen LogP contribution in [0.25, 0.3) is 6.08 Å². The Labute approximate surface area is 278 Å². The van der Waals surface area contributed by atoms with E-state index < -0.39 is 23.8 Å². The Hall–Kier alpha value is -4.63. The number of carbonyl (C=O) groups is 4. The maximum Gasteiger partial charge on any atom is 0.335 e. The highest BCUT2D eigenvalue weighted by Crippen LogP contribution is 2.60. The fourth-order valence-electron chi connectivity index (χ4n) is 8.42. The minimum Gasteiger partial charge on any atom is -0.493 e. The third-order valence-corrected chi connectivity index (χ3v) is 10.4. The Morgan fingerprint density at radius 2 is 1.62 bits per heavy atom. The first kappa shape index (κ1) is 31.0. The molecule has 5 aliphatic rings. The summed E-state index contributed by atoms with van der Waals surface area (Å²) >= 11 is 6.52. The molecule has 0 atom stereocenters. The molecule has 242 valence electrons. The van der Waals surface area contributed by atoms with Crippen molar-refractivity contribution in [3.63, 3.8) is 0 Å². The second kappa shape index (κ2) is 12.2. The number of ether oxygens (including phenoxy) is 2. The lowest BCUT2D eigenvalue weighted by atomic mass is 9.48. The van der Waals surface area contributed by atoms with E-state index in [0.29, 0.717) is 16.9 Å². The molecule has 47 heavy (non-hydrogen) atoms. The topological polar surface area (TPSA) is 114 Å². The van der Waals surface area contributed by atoms with Gasteiger partial charge in [0.25, 0.3) is 17.7 Å². The van der Waals surface area contributed by atoms with Crippen molar-refractivity contribution in [2.75, 3.05) is 23.9 Å². The molecular weight excluding hydrogens is 618 g/mol. The SMILES string of the molecule is COc1cc(/C=C2\C(=O)NC(=O)N(c3ccc(C45CC6CC(CC(C6)C4)C5)cc3)C2=O)cc(Cl)c1OCC(=O)Nc1ccc(C)cc1. The molecule has 10 heteroatoms. The van der Waals surface area contributed by atoms with Gasteiger partial charge in [0.15, 0.2) is 18.1 Å².